The van der Waals surface area contributed by atoms with Gasteiger partial charge in [0.25, 0.3) is 0 Å². The van der Waals surface area contributed by atoms with E-state index in [1.54, 1.807) is 0 Å². The molecule has 4 heteroatoms. The van der Waals surface area contributed by atoms with Crippen LogP contribution in [0.3, 0.4) is 0 Å². The van der Waals surface area contributed by atoms with Crippen LogP contribution in [0.1, 0.15) is 45.6 Å². The van der Waals surface area contributed by atoms with Crippen LogP contribution in [0, 0.1) is 11.8 Å². The van der Waals surface area contributed by atoms with Crippen molar-refractivity contribution >= 4 is 11.8 Å². The standard InChI is InChI=1S/C20H30N2O2/c1-15(2)19(21-16(3)23)20(24)22-13-11-18(12-14-22)10-9-17-7-5-4-6-8-17/h4-8,15,18-19H,9-14H2,1-3H3,(H,21,23). The van der Waals surface area contributed by atoms with E-state index in [1.165, 1.54) is 18.9 Å². The predicted octanol–water partition coefficient (Wildman–Crippen LogP) is 3.02. The molecule has 0 saturated carbocycles. The summed E-state index contributed by atoms with van der Waals surface area (Å²) in [4.78, 5) is 25.9. The highest BCUT2D eigenvalue weighted by Crippen LogP contribution is 2.23. The summed E-state index contributed by atoms with van der Waals surface area (Å²) in [5.74, 6) is 0.728. The van der Waals surface area contributed by atoms with Crippen molar-refractivity contribution < 1.29 is 9.59 Å². The predicted molar refractivity (Wildman–Crippen MR) is 96.5 cm³/mol. The number of hydrogen-bond donors (Lipinski definition) is 1. The first kappa shape index (κ1) is 18.5. The number of amides is 2. The fourth-order valence-electron chi connectivity index (χ4n) is 3.39. The number of rotatable bonds is 6. The van der Waals surface area contributed by atoms with Crippen molar-refractivity contribution in [3.05, 3.63) is 35.9 Å². The second-order valence-corrected chi connectivity index (χ2v) is 7.22. The Morgan fingerprint density at radius 2 is 1.79 bits per heavy atom. The maximum Gasteiger partial charge on any atom is 0.245 e. The number of carbonyl (C=O) groups excluding carboxylic acids is 2. The monoisotopic (exact) mass is 330 g/mol. The van der Waals surface area contributed by atoms with Crippen LogP contribution in [0.15, 0.2) is 30.3 Å². The second-order valence-electron chi connectivity index (χ2n) is 7.22. The van der Waals surface area contributed by atoms with Crippen molar-refractivity contribution in [1.82, 2.24) is 10.2 Å². The molecule has 0 aromatic heterocycles. The highest BCUT2D eigenvalue weighted by molar-refractivity contribution is 5.87. The van der Waals surface area contributed by atoms with Gasteiger partial charge in [0, 0.05) is 20.0 Å². The van der Waals surface area contributed by atoms with Crippen LogP contribution in [0.2, 0.25) is 0 Å². The molecule has 1 saturated heterocycles. The first-order valence-electron chi connectivity index (χ1n) is 9.07. The van der Waals surface area contributed by atoms with Crippen molar-refractivity contribution in [2.24, 2.45) is 11.8 Å². The lowest BCUT2D eigenvalue weighted by atomic mass is 9.90. The zero-order chi connectivity index (χ0) is 17.5. The highest BCUT2D eigenvalue weighted by atomic mass is 16.2. The summed E-state index contributed by atoms with van der Waals surface area (Å²) in [6.45, 7) is 7.04. The molecule has 1 unspecified atom stereocenters. The van der Waals surface area contributed by atoms with Gasteiger partial charge in [0.15, 0.2) is 0 Å². The van der Waals surface area contributed by atoms with Crippen molar-refractivity contribution in [2.75, 3.05) is 13.1 Å². The zero-order valence-electron chi connectivity index (χ0n) is 15.1. The van der Waals surface area contributed by atoms with Crippen molar-refractivity contribution in [3.63, 3.8) is 0 Å². The van der Waals surface area contributed by atoms with Crippen molar-refractivity contribution in [1.29, 1.82) is 0 Å². The Bertz CT molecular complexity index is 534. The Balaban J connectivity index is 1.80. The van der Waals surface area contributed by atoms with Crippen molar-refractivity contribution in [2.45, 2.75) is 52.5 Å². The van der Waals surface area contributed by atoms with Crippen LogP contribution in [0.25, 0.3) is 0 Å². The van der Waals surface area contributed by atoms with E-state index in [-0.39, 0.29) is 17.7 Å². The van der Waals surface area contributed by atoms with Gasteiger partial charge in [-0.15, -0.1) is 0 Å². The molecule has 1 aliphatic rings. The van der Waals surface area contributed by atoms with E-state index in [0.717, 1.165) is 32.4 Å². The fraction of sp³-hybridized carbons (Fsp3) is 0.600. The smallest absolute Gasteiger partial charge is 0.245 e. The molecule has 2 amide bonds. The Labute approximate surface area is 145 Å². The quantitative estimate of drug-likeness (QED) is 0.871. The van der Waals surface area contributed by atoms with Gasteiger partial charge in [-0.25, -0.2) is 0 Å². The molecule has 2 rings (SSSR count). The molecule has 1 atom stereocenters. The summed E-state index contributed by atoms with van der Waals surface area (Å²) in [6.07, 6.45) is 4.41. The highest BCUT2D eigenvalue weighted by Gasteiger charge is 2.30. The van der Waals surface area contributed by atoms with Gasteiger partial charge in [0.1, 0.15) is 6.04 Å². The third-order valence-corrected chi connectivity index (χ3v) is 4.90. The molecule has 0 aliphatic carbocycles. The number of piperidine rings is 1. The largest absolute Gasteiger partial charge is 0.344 e. The maximum absolute atomic E-state index is 12.7. The number of nitrogens with zero attached hydrogens (tertiary/aromatic N) is 1. The van der Waals surface area contributed by atoms with Crippen LogP contribution in [0.4, 0.5) is 0 Å². The van der Waals surface area contributed by atoms with E-state index in [0.29, 0.717) is 5.92 Å². The Hall–Kier alpha value is -1.84. The summed E-state index contributed by atoms with van der Waals surface area (Å²) in [7, 11) is 0. The van der Waals surface area contributed by atoms with Gasteiger partial charge >= 0.3 is 0 Å². The average Bonchev–Trinajstić information content (AvgIpc) is 2.58. The van der Waals surface area contributed by atoms with E-state index < -0.39 is 6.04 Å². The van der Waals surface area contributed by atoms with Gasteiger partial charge in [0.2, 0.25) is 11.8 Å². The molecule has 1 fully saturated rings. The van der Waals surface area contributed by atoms with Crippen LogP contribution >= 0.6 is 0 Å². The minimum atomic E-state index is -0.400. The molecule has 132 valence electrons. The Morgan fingerprint density at radius 3 is 2.33 bits per heavy atom. The van der Waals surface area contributed by atoms with E-state index in [9.17, 15) is 9.59 Å². The van der Waals surface area contributed by atoms with Crippen molar-refractivity contribution in [3.8, 4) is 0 Å². The van der Waals surface area contributed by atoms with E-state index in [4.69, 9.17) is 0 Å². The number of aryl methyl sites for hydroxylation is 1. The molecule has 0 spiro atoms. The second kappa shape index (κ2) is 8.86. The molecular formula is C20H30N2O2. The first-order chi connectivity index (χ1) is 11.5. The Morgan fingerprint density at radius 1 is 1.17 bits per heavy atom. The molecule has 1 aromatic carbocycles. The number of carbonyl (C=O) groups is 2. The molecule has 1 N–H and O–H groups in total. The van der Waals surface area contributed by atoms with E-state index in [1.807, 2.05) is 24.8 Å². The topological polar surface area (TPSA) is 49.4 Å². The molecular weight excluding hydrogens is 300 g/mol. The molecule has 4 nitrogen and oxygen atoms in total. The Kier molecular flexibility index (Phi) is 6.83. The summed E-state index contributed by atoms with van der Waals surface area (Å²) in [5.41, 5.74) is 1.39. The molecule has 1 aromatic rings. The van der Waals surface area contributed by atoms with Gasteiger partial charge in [-0.05, 0) is 43.1 Å². The average molecular weight is 330 g/mol. The van der Waals surface area contributed by atoms with E-state index in [2.05, 4.69) is 29.6 Å². The summed E-state index contributed by atoms with van der Waals surface area (Å²) < 4.78 is 0. The summed E-state index contributed by atoms with van der Waals surface area (Å²) in [5, 5.41) is 2.80. The minimum absolute atomic E-state index is 0.0710. The van der Waals surface area contributed by atoms with Crippen LogP contribution in [-0.2, 0) is 16.0 Å². The molecule has 0 bridgehead atoms. The lowest BCUT2D eigenvalue weighted by molar-refractivity contribution is -0.138. The number of nitrogens with one attached hydrogen (secondary N) is 1. The van der Waals surface area contributed by atoms with Crippen LogP contribution in [-0.4, -0.2) is 35.8 Å². The van der Waals surface area contributed by atoms with Gasteiger partial charge in [0.05, 0.1) is 0 Å². The summed E-state index contributed by atoms with van der Waals surface area (Å²) in [6, 6.07) is 10.2. The third kappa shape index (κ3) is 5.36. The van der Waals surface area contributed by atoms with Crippen LogP contribution in [0.5, 0.6) is 0 Å². The lowest BCUT2D eigenvalue weighted by Gasteiger charge is -2.35. The maximum atomic E-state index is 12.7. The first-order valence-corrected chi connectivity index (χ1v) is 9.07. The van der Waals surface area contributed by atoms with Crippen LogP contribution < -0.4 is 5.32 Å². The van der Waals surface area contributed by atoms with Gasteiger partial charge < -0.3 is 10.2 Å². The van der Waals surface area contributed by atoms with Gasteiger partial charge in [-0.2, -0.15) is 0 Å². The fourth-order valence-corrected chi connectivity index (χ4v) is 3.39. The zero-order valence-corrected chi connectivity index (χ0v) is 15.1. The van der Waals surface area contributed by atoms with E-state index >= 15 is 0 Å². The number of benzene rings is 1. The third-order valence-electron chi connectivity index (χ3n) is 4.90. The SMILES string of the molecule is CC(=O)NC(C(=O)N1CCC(CCc2ccccc2)CC1)C(C)C. The normalized spacial score (nSPS) is 16.9. The molecule has 1 aliphatic heterocycles. The number of hydrogen-bond acceptors (Lipinski definition) is 2. The van der Waals surface area contributed by atoms with Gasteiger partial charge in [-0.3, -0.25) is 9.59 Å². The minimum Gasteiger partial charge on any atom is -0.344 e. The molecule has 1 heterocycles. The lowest BCUT2D eigenvalue weighted by Crippen LogP contribution is -2.52. The molecule has 24 heavy (non-hydrogen) atoms. The molecule has 0 radical (unpaired) electrons. The number of likely N-dealkylation sites (tertiary alicyclic amines) is 1. The summed E-state index contributed by atoms with van der Waals surface area (Å²) >= 11 is 0. The van der Waals surface area contributed by atoms with Gasteiger partial charge in [-0.1, -0.05) is 44.2 Å².